The van der Waals surface area contributed by atoms with Gasteiger partial charge in [-0.15, -0.1) is 11.3 Å². The fraction of sp³-hybridized carbons (Fsp3) is 0.429. The van der Waals surface area contributed by atoms with E-state index < -0.39 is 18.3 Å². The second-order valence-electron chi connectivity index (χ2n) is 4.49. The maximum absolute atomic E-state index is 14.2. The molecule has 0 amide bonds. The SMILES string of the molecule is COC(=O)CCC(F)(F)c1cc2cc(OC)c(OC)nc2s1. The Hall–Kier alpha value is -1.96. The second kappa shape index (κ2) is 6.43. The van der Waals surface area contributed by atoms with E-state index in [4.69, 9.17) is 9.47 Å². The zero-order valence-corrected chi connectivity index (χ0v) is 13.1. The Morgan fingerprint density at radius 1 is 1.27 bits per heavy atom. The van der Waals surface area contributed by atoms with Crippen LogP contribution in [-0.2, 0) is 15.5 Å². The number of halogens is 2. The molecule has 2 aromatic heterocycles. The molecule has 0 aromatic carbocycles. The van der Waals surface area contributed by atoms with Gasteiger partial charge in [-0.3, -0.25) is 4.79 Å². The van der Waals surface area contributed by atoms with E-state index in [1.165, 1.54) is 27.4 Å². The molecule has 0 saturated carbocycles. The Labute approximate surface area is 129 Å². The molecule has 0 aliphatic carbocycles. The number of ether oxygens (including phenoxy) is 3. The van der Waals surface area contributed by atoms with Crippen LogP contribution in [0.2, 0.25) is 0 Å². The normalized spacial score (nSPS) is 11.5. The summed E-state index contributed by atoms with van der Waals surface area (Å²) < 4.78 is 42.9. The van der Waals surface area contributed by atoms with E-state index in [0.29, 0.717) is 16.0 Å². The van der Waals surface area contributed by atoms with Crippen LogP contribution in [-0.4, -0.2) is 32.3 Å². The van der Waals surface area contributed by atoms with Crippen molar-refractivity contribution in [1.29, 1.82) is 0 Å². The highest BCUT2D eigenvalue weighted by atomic mass is 32.1. The Morgan fingerprint density at radius 2 is 2.00 bits per heavy atom. The van der Waals surface area contributed by atoms with Crippen LogP contribution in [0.1, 0.15) is 17.7 Å². The van der Waals surface area contributed by atoms with Gasteiger partial charge < -0.3 is 14.2 Å². The average Bonchev–Trinajstić information content (AvgIpc) is 2.94. The standard InChI is InChI=1S/C14H15F2NO4S/c1-19-9-6-8-7-10(22-13(8)17-12(9)21-3)14(15,16)5-4-11(18)20-2/h6-7H,4-5H2,1-3H3. The third-order valence-corrected chi connectivity index (χ3v) is 4.24. The number of rotatable bonds is 6. The summed E-state index contributed by atoms with van der Waals surface area (Å²) in [4.78, 5) is 15.5. The molecule has 0 aliphatic rings. The van der Waals surface area contributed by atoms with Crippen molar-refractivity contribution in [3.8, 4) is 11.6 Å². The number of carbonyl (C=O) groups is 1. The molecule has 2 heterocycles. The van der Waals surface area contributed by atoms with Crippen LogP contribution >= 0.6 is 11.3 Å². The number of esters is 1. The van der Waals surface area contributed by atoms with Gasteiger partial charge in [0.2, 0.25) is 0 Å². The first-order valence-electron chi connectivity index (χ1n) is 6.39. The average molecular weight is 331 g/mol. The van der Waals surface area contributed by atoms with E-state index in [1.54, 1.807) is 6.07 Å². The Morgan fingerprint density at radius 3 is 2.59 bits per heavy atom. The number of hydrogen-bond donors (Lipinski definition) is 0. The number of alkyl halides is 2. The molecule has 0 radical (unpaired) electrons. The number of pyridine rings is 1. The summed E-state index contributed by atoms with van der Waals surface area (Å²) in [5.74, 6) is -3.18. The van der Waals surface area contributed by atoms with Crippen LogP contribution in [0.15, 0.2) is 12.1 Å². The number of hydrogen-bond acceptors (Lipinski definition) is 6. The fourth-order valence-electron chi connectivity index (χ4n) is 1.89. The monoisotopic (exact) mass is 331 g/mol. The van der Waals surface area contributed by atoms with Gasteiger partial charge in [0.25, 0.3) is 11.8 Å². The van der Waals surface area contributed by atoms with Gasteiger partial charge in [0.05, 0.1) is 32.6 Å². The van der Waals surface area contributed by atoms with Gasteiger partial charge in [-0.2, -0.15) is 4.98 Å². The maximum Gasteiger partial charge on any atom is 0.305 e. The fourth-order valence-corrected chi connectivity index (χ4v) is 2.90. The molecule has 0 bridgehead atoms. The van der Waals surface area contributed by atoms with Crippen molar-refractivity contribution in [3.63, 3.8) is 0 Å². The summed E-state index contributed by atoms with van der Waals surface area (Å²) in [7, 11) is 4.04. The van der Waals surface area contributed by atoms with Crippen molar-refractivity contribution < 1.29 is 27.8 Å². The lowest BCUT2D eigenvalue weighted by Gasteiger charge is -2.13. The van der Waals surface area contributed by atoms with Gasteiger partial charge in [-0.05, 0) is 12.1 Å². The van der Waals surface area contributed by atoms with Gasteiger partial charge in [0, 0.05) is 11.8 Å². The Bertz CT molecular complexity index is 646. The number of thiophene rings is 1. The zero-order valence-electron chi connectivity index (χ0n) is 12.3. The van der Waals surface area contributed by atoms with Crippen molar-refractivity contribution >= 4 is 27.5 Å². The molecule has 0 fully saturated rings. The van der Waals surface area contributed by atoms with E-state index >= 15 is 0 Å². The summed E-state index contributed by atoms with van der Waals surface area (Å²) >= 11 is 0.863. The van der Waals surface area contributed by atoms with Gasteiger partial charge in [0.15, 0.2) is 5.75 Å². The van der Waals surface area contributed by atoms with Crippen molar-refractivity contribution in [1.82, 2.24) is 4.98 Å². The minimum atomic E-state index is -3.12. The van der Waals surface area contributed by atoms with Crippen LogP contribution in [0.3, 0.4) is 0 Å². The van der Waals surface area contributed by atoms with E-state index in [9.17, 15) is 13.6 Å². The van der Waals surface area contributed by atoms with Crippen molar-refractivity contribution in [2.75, 3.05) is 21.3 Å². The van der Waals surface area contributed by atoms with Crippen molar-refractivity contribution in [2.24, 2.45) is 0 Å². The lowest BCUT2D eigenvalue weighted by Crippen LogP contribution is -2.14. The lowest BCUT2D eigenvalue weighted by atomic mass is 10.1. The molecule has 120 valence electrons. The Balaban J connectivity index is 2.33. The first-order chi connectivity index (χ1) is 10.4. The minimum Gasteiger partial charge on any atom is -0.491 e. The molecule has 2 rings (SSSR count). The number of fused-ring (bicyclic) bond motifs is 1. The molecule has 8 heteroatoms. The first-order valence-corrected chi connectivity index (χ1v) is 7.20. The summed E-state index contributed by atoms with van der Waals surface area (Å²) in [5, 5.41) is 0.537. The molecule has 22 heavy (non-hydrogen) atoms. The van der Waals surface area contributed by atoms with Crippen LogP contribution in [0.5, 0.6) is 11.6 Å². The molecule has 0 atom stereocenters. The highest BCUT2D eigenvalue weighted by molar-refractivity contribution is 7.18. The van der Waals surface area contributed by atoms with Gasteiger partial charge >= 0.3 is 5.97 Å². The van der Waals surface area contributed by atoms with Gasteiger partial charge in [-0.25, -0.2) is 8.78 Å². The first kappa shape index (κ1) is 16.4. The quantitative estimate of drug-likeness (QED) is 0.760. The number of carbonyl (C=O) groups excluding carboxylic acids is 1. The molecular weight excluding hydrogens is 316 g/mol. The predicted octanol–water partition coefficient (Wildman–Crippen LogP) is 3.36. The molecule has 5 nitrogen and oxygen atoms in total. The van der Waals surface area contributed by atoms with E-state index in [-0.39, 0.29) is 17.2 Å². The third kappa shape index (κ3) is 3.27. The third-order valence-electron chi connectivity index (χ3n) is 3.09. The molecule has 0 N–H and O–H groups in total. The van der Waals surface area contributed by atoms with Crippen molar-refractivity contribution in [3.05, 3.63) is 17.0 Å². The predicted molar refractivity (Wildman–Crippen MR) is 77.9 cm³/mol. The van der Waals surface area contributed by atoms with E-state index in [0.717, 1.165) is 11.3 Å². The maximum atomic E-state index is 14.2. The number of methoxy groups -OCH3 is 3. The van der Waals surface area contributed by atoms with Crippen LogP contribution in [0.4, 0.5) is 8.78 Å². The number of nitrogens with zero attached hydrogens (tertiary/aromatic N) is 1. The highest BCUT2D eigenvalue weighted by Crippen LogP contribution is 2.41. The van der Waals surface area contributed by atoms with Crippen LogP contribution in [0.25, 0.3) is 10.2 Å². The number of aromatic nitrogens is 1. The van der Waals surface area contributed by atoms with E-state index in [2.05, 4.69) is 9.72 Å². The summed E-state index contributed by atoms with van der Waals surface area (Å²) in [5.41, 5.74) is 0. The summed E-state index contributed by atoms with van der Waals surface area (Å²) in [6.45, 7) is 0. The van der Waals surface area contributed by atoms with Crippen LogP contribution < -0.4 is 9.47 Å². The minimum absolute atomic E-state index is 0.158. The molecule has 0 spiro atoms. The molecule has 2 aromatic rings. The zero-order chi connectivity index (χ0) is 16.3. The molecule has 0 aliphatic heterocycles. The highest BCUT2D eigenvalue weighted by Gasteiger charge is 2.34. The molecule has 0 unspecified atom stereocenters. The van der Waals surface area contributed by atoms with E-state index in [1.807, 2.05) is 0 Å². The molecular formula is C14H15F2NO4S. The summed E-state index contributed by atoms with van der Waals surface area (Å²) in [6, 6.07) is 2.95. The van der Waals surface area contributed by atoms with Gasteiger partial charge in [-0.1, -0.05) is 0 Å². The largest absolute Gasteiger partial charge is 0.491 e. The topological polar surface area (TPSA) is 57.7 Å². The van der Waals surface area contributed by atoms with Crippen molar-refractivity contribution in [2.45, 2.75) is 18.8 Å². The smallest absolute Gasteiger partial charge is 0.305 e. The van der Waals surface area contributed by atoms with Crippen LogP contribution in [0, 0.1) is 0 Å². The lowest BCUT2D eigenvalue weighted by molar-refractivity contribution is -0.142. The van der Waals surface area contributed by atoms with Gasteiger partial charge in [0.1, 0.15) is 4.83 Å². The second-order valence-corrected chi connectivity index (χ2v) is 5.52. The molecule has 0 saturated heterocycles. The summed E-state index contributed by atoms with van der Waals surface area (Å²) in [6.07, 6.45) is -0.960. The Kier molecular flexibility index (Phi) is 4.80.